The molecule has 1 saturated carbocycles. The Kier molecular flexibility index (Phi) is 5.34. The summed E-state index contributed by atoms with van der Waals surface area (Å²) < 4.78 is 7.13. The molecule has 0 amide bonds. The second-order valence-corrected chi connectivity index (χ2v) is 5.50. The third kappa shape index (κ3) is 3.01. The largest absolute Gasteiger partial charge is 0.378 e. The lowest BCUT2D eigenvalue weighted by Gasteiger charge is -2.15. The van der Waals surface area contributed by atoms with Crippen LogP contribution in [0.15, 0.2) is 0 Å². The minimum atomic E-state index is 0.393. The second kappa shape index (κ2) is 6.78. The summed E-state index contributed by atoms with van der Waals surface area (Å²) in [6.45, 7) is 0.474. The lowest BCUT2D eigenvalue weighted by atomic mass is 10.1. The van der Waals surface area contributed by atoms with Crippen LogP contribution in [0.3, 0.4) is 0 Å². The Balaban J connectivity index is 2.25. The van der Waals surface area contributed by atoms with Crippen molar-refractivity contribution < 1.29 is 4.74 Å². The molecule has 0 atom stereocenters. The van der Waals surface area contributed by atoms with Gasteiger partial charge in [-0.2, -0.15) is 5.10 Å². The third-order valence-corrected chi connectivity index (χ3v) is 4.28. The lowest BCUT2D eigenvalue weighted by molar-refractivity contribution is 0.179. The highest BCUT2D eigenvalue weighted by atomic mass is 35.5. The summed E-state index contributed by atoms with van der Waals surface area (Å²) in [4.78, 5) is 0. The minimum Gasteiger partial charge on any atom is -0.378 e. The van der Waals surface area contributed by atoms with Crippen LogP contribution in [-0.2, 0) is 17.2 Å². The van der Waals surface area contributed by atoms with Gasteiger partial charge in [0.2, 0.25) is 0 Å². The monoisotopic (exact) mass is 290 g/mol. The van der Waals surface area contributed by atoms with Crippen molar-refractivity contribution in [1.29, 1.82) is 0 Å². The number of rotatable bonds is 4. The Morgan fingerprint density at radius 2 is 1.94 bits per heavy atom. The Labute approximate surface area is 118 Å². The van der Waals surface area contributed by atoms with Crippen LogP contribution >= 0.6 is 23.2 Å². The van der Waals surface area contributed by atoms with Crippen LogP contribution < -0.4 is 0 Å². The summed E-state index contributed by atoms with van der Waals surface area (Å²) in [7, 11) is 1.66. The second-order valence-electron chi connectivity index (χ2n) is 4.87. The van der Waals surface area contributed by atoms with Crippen molar-refractivity contribution in [1.82, 2.24) is 9.78 Å². The Bertz CT molecular complexity index is 385. The van der Waals surface area contributed by atoms with Crippen molar-refractivity contribution in [3.05, 3.63) is 16.4 Å². The molecular formula is C13H20Cl2N2O. The van der Waals surface area contributed by atoms with Gasteiger partial charge in [-0.25, -0.2) is 0 Å². The van der Waals surface area contributed by atoms with Gasteiger partial charge in [0.15, 0.2) is 0 Å². The number of methoxy groups -OCH3 is 1. The van der Waals surface area contributed by atoms with E-state index in [1.807, 2.05) is 4.68 Å². The maximum absolute atomic E-state index is 6.41. The molecule has 0 aliphatic heterocycles. The molecule has 3 nitrogen and oxygen atoms in total. The molecule has 18 heavy (non-hydrogen) atoms. The first-order valence-electron chi connectivity index (χ1n) is 6.58. The van der Waals surface area contributed by atoms with Gasteiger partial charge in [-0.3, -0.25) is 4.68 Å². The van der Waals surface area contributed by atoms with E-state index in [1.54, 1.807) is 7.11 Å². The number of ether oxygens (including phenoxy) is 1. The fourth-order valence-corrected chi connectivity index (χ4v) is 3.32. The minimum absolute atomic E-state index is 0.393. The van der Waals surface area contributed by atoms with Crippen LogP contribution in [0.2, 0.25) is 5.15 Å². The molecule has 0 aromatic carbocycles. The molecule has 2 rings (SSSR count). The molecule has 0 N–H and O–H groups in total. The van der Waals surface area contributed by atoms with Crippen molar-refractivity contribution in [3.8, 4) is 0 Å². The molecule has 1 aliphatic rings. The Morgan fingerprint density at radius 3 is 2.50 bits per heavy atom. The van der Waals surface area contributed by atoms with Gasteiger partial charge >= 0.3 is 0 Å². The SMILES string of the molecule is COCc1nn(C2CCCCCC2)c(Cl)c1CCl. The van der Waals surface area contributed by atoms with E-state index in [0.717, 1.165) is 24.1 Å². The zero-order valence-corrected chi connectivity index (χ0v) is 12.3. The van der Waals surface area contributed by atoms with Crippen molar-refractivity contribution >= 4 is 23.2 Å². The third-order valence-electron chi connectivity index (χ3n) is 3.61. The smallest absolute Gasteiger partial charge is 0.132 e. The Hall–Kier alpha value is -0.250. The number of hydrogen-bond acceptors (Lipinski definition) is 2. The molecule has 0 spiro atoms. The van der Waals surface area contributed by atoms with Crippen LogP contribution in [0.5, 0.6) is 0 Å². The molecule has 1 heterocycles. The number of aromatic nitrogens is 2. The predicted octanol–water partition coefficient (Wildman–Crippen LogP) is 4.32. The summed E-state index contributed by atoms with van der Waals surface area (Å²) in [6.07, 6.45) is 7.49. The van der Waals surface area contributed by atoms with Gasteiger partial charge < -0.3 is 4.74 Å². The fourth-order valence-electron chi connectivity index (χ4n) is 2.62. The molecule has 5 heteroatoms. The van der Waals surface area contributed by atoms with Crippen LogP contribution in [0.1, 0.15) is 55.8 Å². The number of alkyl halides is 1. The predicted molar refractivity (Wildman–Crippen MR) is 74.2 cm³/mol. The van der Waals surface area contributed by atoms with E-state index >= 15 is 0 Å². The first-order valence-corrected chi connectivity index (χ1v) is 7.49. The van der Waals surface area contributed by atoms with Crippen LogP contribution in [0.4, 0.5) is 0 Å². The molecule has 1 aromatic heterocycles. The molecule has 1 fully saturated rings. The highest BCUT2D eigenvalue weighted by Crippen LogP contribution is 2.32. The quantitative estimate of drug-likeness (QED) is 0.610. The first-order chi connectivity index (χ1) is 8.77. The van der Waals surface area contributed by atoms with Crippen molar-refractivity contribution in [2.24, 2.45) is 0 Å². The van der Waals surface area contributed by atoms with Crippen LogP contribution in [0.25, 0.3) is 0 Å². The average Bonchev–Trinajstić information content (AvgIpc) is 2.58. The average molecular weight is 291 g/mol. The summed E-state index contributed by atoms with van der Waals surface area (Å²) in [5, 5.41) is 5.31. The van der Waals surface area contributed by atoms with E-state index in [0.29, 0.717) is 23.7 Å². The van der Waals surface area contributed by atoms with Gasteiger partial charge in [-0.15, -0.1) is 11.6 Å². The number of hydrogen-bond donors (Lipinski definition) is 0. The van der Waals surface area contributed by atoms with Gasteiger partial charge in [-0.1, -0.05) is 37.3 Å². The van der Waals surface area contributed by atoms with E-state index in [-0.39, 0.29) is 0 Å². The Morgan fingerprint density at radius 1 is 1.28 bits per heavy atom. The van der Waals surface area contributed by atoms with Gasteiger partial charge in [0.05, 0.1) is 24.2 Å². The summed E-state index contributed by atoms with van der Waals surface area (Å²) in [5.41, 5.74) is 1.80. The summed E-state index contributed by atoms with van der Waals surface area (Å²) in [6, 6.07) is 0.424. The zero-order valence-electron chi connectivity index (χ0n) is 10.8. The van der Waals surface area contributed by atoms with E-state index in [9.17, 15) is 0 Å². The number of halogens is 2. The van der Waals surface area contributed by atoms with Gasteiger partial charge in [0.25, 0.3) is 0 Å². The molecule has 1 aromatic rings. The molecule has 0 bridgehead atoms. The van der Waals surface area contributed by atoms with Crippen molar-refractivity contribution in [2.75, 3.05) is 7.11 Å². The van der Waals surface area contributed by atoms with E-state index in [4.69, 9.17) is 27.9 Å². The zero-order chi connectivity index (χ0) is 13.0. The molecule has 0 radical (unpaired) electrons. The number of nitrogens with zero attached hydrogens (tertiary/aromatic N) is 2. The lowest BCUT2D eigenvalue weighted by Crippen LogP contribution is -2.10. The van der Waals surface area contributed by atoms with Gasteiger partial charge in [0.1, 0.15) is 5.15 Å². The maximum atomic E-state index is 6.41. The molecule has 1 aliphatic carbocycles. The fraction of sp³-hybridized carbons (Fsp3) is 0.769. The van der Waals surface area contributed by atoms with Crippen molar-refractivity contribution in [2.45, 2.75) is 57.1 Å². The molecule has 0 unspecified atom stereocenters. The topological polar surface area (TPSA) is 27.1 Å². The van der Waals surface area contributed by atoms with Crippen LogP contribution in [0, 0.1) is 0 Å². The highest BCUT2D eigenvalue weighted by Gasteiger charge is 2.22. The van der Waals surface area contributed by atoms with Gasteiger partial charge in [0, 0.05) is 12.7 Å². The highest BCUT2D eigenvalue weighted by molar-refractivity contribution is 6.31. The summed E-state index contributed by atoms with van der Waals surface area (Å²) in [5.74, 6) is 0.393. The molecular weight excluding hydrogens is 271 g/mol. The van der Waals surface area contributed by atoms with E-state index in [1.165, 1.54) is 25.7 Å². The van der Waals surface area contributed by atoms with Crippen LogP contribution in [-0.4, -0.2) is 16.9 Å². The summed E-state index contributed by atoms with van der Waals surface area (Å²) >= 11 is 12.4. The van der Waals surface area contributed by atoms with Gasteiger partial charge in [-0.05, 0) is 12.8 Å². The molecule has 102 valence electrons. The standard InChI is InChI=1S/C13H20Cl2N2O/c1-18-9-12-11(8-14)13(15)17(16-12)10-6-4-2-3-5-7-10/h10H,2-9H2,1H3. The first kappa shape index (κ1) is 14.2. The van der Waals surface area contributed by atoms with Crippen molar-refractivity contribution in [3.63, 3.8) is 0 Å². The van der Waals surface area contributed by atoms with E-state index < -0.39 is 0 Å². The molecule has 0 saturated heterocycles. The maximum Gasteiger partial charge on any atom is 0.132 e. The van der Waals surface area contributed by atoms with E-state index in [2.05, 4.69) is 5.10 Å². The normalized spacial score (nSPS) is 17.9.